The van der Waals surface area contributed by atoms with Crippen molar-refractivity contribution in [1.82, 2.24) is 9.97 Å². The van der Waals surface area contributed by atoms with Gasteiger partial charge in [-0.1, -0.05) is 176 Å². The molecule has 60 heavy (non-hydrogen) atoms. The molecule has 3 heteroatoms. The fraction of sp³-hybridized carbons (Fsp3) is 0. The number of pyridine rings is 2. The van der Waals surface area contributed by atoms with Crippen LogP contribution >= 0.6 is 0 Å². The fourth-order valence-corrected chi connectivity index (χ4v) is 9.52. The summed E-state index contributed by atoms with van der Waals surface area (Å²) >= 11 is 0. The first-order valence-corrected chi connectivity index (χ1v) is 20.3. The SMILES string of the molecule is N#Cc1cccc(-c2ccc3ccc4ccc(-c5ccc(-c6ccc7c8c(cccc68)-c6c-7c(-c7ccccc7)c7ccccc7c6-c6ccccc6)cc5)nc4c3n2)c1. The second-order valence-electron chi connectivity index (χ2n) is 15.5. The molecule has 0 amide bonds. The first-order valence-electron chi connectivity index (χ1n) is 20.3. The minimum Gasteiger partial charge on any atom is -0.245 e. The summed E-state index contributed by atoms with van der Waals surface area (Å²) in [5.41, 5.74) is 18.5. The Hall–Kier alpha value is -8.19. The van der Waals surface area contributed by atoms with E-state index in [-0.39, 0.29) is 0 Å². The summed E-state index contributed by atoms with van der Waals surface area (Å²) in [4.78, 5) is 10.3. The van der Waals surface area contributed by atoms with E-state index in [1.807, 2.05) is 30.3 Å². The van der Waals surface area contributed by atoms with Gasteiger partial charge in [-0.15, -0.1) is 0 Å². The van der Waals surface area contributed by atoms with Crippen molar-refractivity contribution in [2.75, 3.05) is 0 Å². The highest BCUT2D eigenvalue weighted by molar-refractivity contribution is 6.28. The van der Waals surface area contributed by atoms with Crippen molar-refractivity contribution in [2.24, 2.45) is 0 Å². The van der Waals surface area contributed by atoms with Crippen molar-refractivity contribution in [3.8, 4) is 84.2 Å². The molecule has 0 fully saturated rings. The predicted molar refractivity (Wildman–Crippen MR) is 248 cm³/mol. The summed E-state index contributed by atoms with van der Waals surface area (Å²) in [7, 11) is 0. The lowest BCUT2D eigenvalue weighted by Gasteiger charge is -2.20. The van der Waals surface area contributed by atoms with Crippen LogP contribution in [0.15, 0.2) is 200 Å². The quantitative estimate of drug-likeness (QED) is 0.164. The van der Waals surface area contributed by atoms with Gasteiger partial charge >= 0.3 is 0 Å². The highest BCUT2D eigenvalue weighted by atomic mass is 14.8. The zero-order valence-corrected chi connectivity index (χ0v) is 32.4. The van der Waals surface area contributed by atoms with Crippen LogP contribution in [0.4, 0.5) is 0 Å². The Morgan fingerprint density at radius 2 is 0.817 bits per heavy atom. The Balaban J connectivity index is 0.996. The maximum Gasteiger partial charge on any atom is 0.0991 e. The maximum atomic E-state index is 9.49. The first kappa shape index (κ1) is 33.9. The first-order chi connectivity index (χ1) is 29.7. The molecule has 0 spiro atoms. The molecule has 0 atom stereocenters. The summed E-state index contributed by atoms with van der Waals surface area (Å²) in [6, 6.07) is 73.4. The van der Waals surface area contributed by atoms with Gasteiger partial charge in [0, 0.05) is 21.9 Å². The Bertz CT molecular complexity index is 3490. The van der Waals surface area contributed by atoms with Crippen molar-refractivity contribution in [1.29, 1.82) is 5.26 Å². The molecular formula is C57H33N3. The summed E-state index contributed by atoms with van der Waals surface area (Å²) in [6.07, 6.45) is 0. The van der Waals surface area contributed by atoms with Gasteiger partial charge in [0.25, 0.3) is 0 Å². The van der Waals surface area contributed by atoms with E-state index in [0.717, 1.165) is 49.9 Å². The van der Waals surface area contributed by atoms with Crippen molar-refractivity contribution in [3.63, 3.8) is 0 Å². The van der Waals surface area contributed by atoms with Crippen LogP contribution in [0.5, 0.6) is 0 Å². The predicted octanol–water partition coefficient (Wildman–Crippen LogP) is 14.9. The maximum absolute atomic E-state index is 9.49. The van der Waals surface area contributed by atoms with Gasteiger partial charge < -0.3 is 0 Å². The smallest absolute Gasteiger partial charge is 0.0991 e. The molecule has 1 aliphatic carbocycles. The monoisotopic (exact) mass is 759 g/mol. The number of fused-ring (bicyclic) bond motifs is 7. The fourth-order valence-electron chi connectivity index (χ4n) is 9.52. The van der Waals surface area contributed by atoms with Crippen LogP contribution in [-0.4, -0.2) is 9.97 Å². The van der Waals surface area contributed by atoms with E-state index in [1.165, 1.54) is 71.6 Å². The molecular weight excluding hydrogens is 727 g/mol. The Kier molecular flexibility index (Phi) is 7.60. The lowest BCUT2D eigenvalue weighted by molar-refractivity contribution is 1.36. The summed E-state index contributed by atoms with van der Waals surface area (Å²) in [6.45, 7) is 0. The van der Waals surface area contributed by atoms with Crippen molar-refractivity contribution in [3.05, 3.63) is 206 Å². The van der Waals surface area contributed by atoms with E-state index >= 15 is 0 Å². The second kappa shape index (κ2) is 13.5. The van der Waals surface area contributed by atoms with Crippen LogP contribution in [0.25, 0.3) is 122 Å². The molecule has 276 valence electrons. The number of aromatic nitrogens is 2. The van der Waals surface area contributed by atoms with Crippen molar-refractivity contribution >= 4 is 43.4 Å². The number of nitriles is 1. The van der Waals surface area contributed by atoms with Gasteiger partial charge in [-0.05, 0) is 101 Å². The van der Waals surface area contributed by atoms with Gasteiger partial charge in [-0.25, -0.2) is 9.97 Å². The van der Waals surface area contributed by atoms with Gasteiger partial charge in [-0.3, -0.25) is 0 Å². The molecule has 1 aliphatic rings. The van der Waals surface area contributed by atoms with Crippen LogP contribution in [0.3, 0.4) is 0 Å². The molecule has 0 radical (unpaired) electrons. The largest absolute Gasteiger partial charge is 0.245 e. The van der Waals surface area contributed by atoms with E-state index in [9.17, 15) is 5.26 Å². The molecule has 0 saturated carbocycles. The number of benzene rings is 9. The Morgan fingerprint density at radius 1 is 0.333 bits per heavy atom. The number of nitrogens with zero attached hydrogens (tertiary/aromatic N) is 3. The molecule has 9 aromatic carbocycles. The normalized spacial score (nSPS) is 11.7. The van der Waals surface area contributed by atoms with Gasteiger partial charge in [0.2, 0.25) is 0 Å². The van der Waals surface area contributed by atoms with Crippen LogP contribution in [0, 0.1) is 11.3 Å². The van der Waals surface area contributed by atoms with E-state index in [0.29, 0.717) is 5.56 Å². The van der Waals surface area contributed by atoms with E-state index < -0.39 is 0 Å². The minimum absolute atomic E-state index is 0.612. The Labute approximate surface area is 347 Å². The number of rotatable bonds is 5. The zero-order chi connectivity index (χ0) is 39.7. The van der Waals surface area contributed by atoms with Crippen LogP contribution < -0.4 is 0 Å². The van der Waals surface area contributed by atoms with E-state index in [2.05, 4.69) is 176 Å². The molecule has 0 bridgehead atoms. The van der Waals surface area contributed by atoms with E-state index in [1.54, 1.807) is 0 Å². The van der Waals surface area contributed by atoms with Crippen LogP contribution in [0.1, 0.15) is 5.56 Å². The molecule has 0 N–H and O–H groups in total. The van der Waals surface area contributed by atoms with Crippen molar-refractivity contribution < 1.29 is 0 Å². The second-order valence-corrected chi connectivity index (χ2v) is 15.5. The van der Waals surface area contributed by atoms with E-state index in [4.69, 9.17) is 9.97 Å². The standard InChI is InChI=1S/C57H33N3/c58-34-35-11-9-16-42(33-35)50-32-28-41-26-25-40-27-31-49(59-56(40)57(41)60-50)37-23-21-36(22-24-37)43-29-30-48-53-44(43)19-10-20-47(53)54-51(38-12-3-1-4-13-38)45-17-7-8-18-46(45)52(55(48)54)39-14-5-2-6-15-39/h1-33H. The lowest BCUT2D eigenvalue weighted by atomic mass is 9.82. The highest BCUT2D eigenvalue weighted by Crippen LogP contribution is 2.58. The molecule has 3 nitrogen and oxygen atoms in total. The van der Waals surface area contributed by atoms with Gasteiger partial charge in [0.15, 0.2) is 0 Å². The third-order valence-corrected chi connectivity index (χ3v) is 12.2. The zero-order valence-electron chi connectivity index (χ0n) is 32.4. The third kappa shape index (κ3) is 5.22. The van der Waals surface area contributed by atoms with Gasteiger partial charge in [-0.2, -0.15) is 5.26 Å². The lowest BCUT2D eigenvalue weighted by Crippen LogP contribution is -1.93. The average Bonchev–Trinajstić information content (AvgIpc) is 3.65. The molecule has 0 unspecified atom stereocenters. The third-order valence-electron chi connectivity index (χ3n) is 12.2. The molecule has 0 aliphatic heterocycles. The van der Waals surface area contributed by atoms with Crippen LogP contribution in [0.2, 0.25) is 0 Å². The molecule has 2 aromatic heterocycles. The minimum atomic E-state index is 0.612. The average molecular weight is 760 g/mol. The van der Waals surface area contributed by atoms with Gasteiger partial charge in [0.05, 0.1) is 34.1 Å². The summed E-state index contributed by atoms with van der Waals surface area (Å²) < 4.78 is 0. The Morgan fingerprint density at radius 3 is 1.43 bits per heavy atom. The summed E-state index contributed by atoms with van der Waals surface area (Å²) in [5.74, 6) is 0. The summed E-state index contributed by atoms with van der Waals surface area (Å²) in [5, 5.41) is 16.6. The molecule has 11 aromatic rings. The number of hydrogen-bond acceptors (Lipinski definition) is 3. The van der Waals surface area contributed by atoms with Crippen LogP contribution in [-0.2, 0) is 0 Å². The topological polar surface area (TPSA) is 49.6 Å². The molecule has 2 heterocycles. The van der Waals surface area contributed by atoms with Crippen molar-refractivity contribution in [2.45, 2.75) is 0 Å². The van der Waals surface area contributed by atoms with Gasteiger partial charge in [0.1, 0.15) is 0 Å². The molecule has 0 saturated heterocycles. The number of hydrogen-bond donors (Lipinski definition) is 0. The molecule has 12 rings (SSSR count). The highest BCUT2D eigenvalue weighted by Gasteiger charge is 2.31.